The van der Waals surface area contributed by atoms with Gasteiger partial charge in [0.05, 0.1) is 19.8 Å². The fourth-order valence-corrected chi connectivity index (χ4v) is 2.35. The Morgan fingerprint density at radius 2 is 1.95 bits per heavy atom. The second kappa shape index (κ2) is 6.27. The van der Waals surface area contributed by atoms with E-state index < -0.39 is 5.41 Å². The first-order valence-corrected chi connectivity index (χ1v) is 7.13. The Kier molecular flexibility index (Phi) is 4.65. The Bertz CT molecular complexity index is 449. The van der Waals surface area contributed by atoms with Gasteiger partial charge in [-0.3, -0.25) is 4.79 Å². The van der Waals surface area contributed by atoms with Gasteiger partial charge in [-0.15, -0.1) is 0 Å². The minimum absolute atomic E-state index is 0.100. The van der Waals surface area contributed by atoms with Crippen LogP contribution in [-0.2, 0) is 14.9 Å². The lowest BCUT2D eigenvalue weighted by molar-refractivity contribution is -0.153. The summed E-state index contributed by atoms with van der Waals surface area (Å²) in [5.74, 6) is 0.957. The average Bonchev–Trinajstić information content (AvgIpc) is 2.39. The zero-order valence-electron chi connectivity index (χ0n) is 12.5. The van der Waals surface area contributed by atoms with E-state index in [0.29, 0.717) is 13.2 Å². The summed E-state index contributed by atoms with van der Waals surface area (Å²) in [6.45, 7) is 3.79. The van der Waals surface area contributed by atoms with Crippen molar-refractivity contribution >= 4 is 5.91 Å². The maximum absolute atomic E-state index is 12.4. The van der Waals surface area contributed by atoms with Crippen molar-refractivity contribution in [2.24, 2.45) is 0 Å². The van der Waals surface area contributed by atoms with Crippen LogP contribution >= 0.6 is 0 Å². The summed E-state index contributed by atoms with van der Waals surface area (Å²) < 4.78 is 10.9. The maximum atomic E-state index is 12.4. The van der Waals surface area contributed by atoms with Crippen LogP contribution in [0.25, 0.3) is 0 Å². The van der Waals surface area contributed by atoms with Crippen LogP contribution in [0.3, 0.4) is 0 Å². The van der Waals surface area contributed by atoms with Crippen LogP contribution in [0.5, 0.6) is 5.75 Å². The molecule has 4 nitrogen and oxygen atoms in total. The molecule has 4 heteroatoms. The molecule has 1 aliphatic heterocycles. The van der Waals surface area contributed by atoms with E-state index in [1.165, 1.54) is 0 Å². The highest BCUT2D eigenvalue weighted by atomic mass is 16.5. The molecule has 1 aromatic carbocycles. The van der Waals surface area contributed by atoms with Gasteiger partial charge in [0, 0.05) is 14.1 Å². The third kappa shape index (κ3) is 2.80. The van der Waals surface area contributed by atoms with Crippen molar-refractivity contribution in [1.82, 2.24) is 4.90 Å². The van der Waals surface area contributed by atoms with Gasteiger partial charge < -0.3 is 14.4 Å². The number of amides is 1. The molecule has 1 heterocycles. The summed E-state index contributed by atoms with van der Waals surface area (Å²) >= 11 is 0. The van der Waals surface area contributed by atoms with E-state index in [2.05, 4.69) is 6.92 Å². The lowest BCUT2D eigenvalue weighted by Gasteiger charge is -2.41. The fraction of sp³-hybridized carbons (Fsp3) is 0.562. The minimum Gasteiger partial charge on any atom is -0.494 e. The molecule has 0 saturated carbocycles. The number of benzene rings is 1. The van der Waals surface area contributed by atoms with Gasteiger partial charge in [-0.2, -0.15) is 0 Å². The number of carbonyl (C=O) groups excluding carboxylic acids is 1. The van der Waals surface area contributed by atoms with Crippen molar-refractivity contribution in [2.75, 3.05) is 33.9 Å². The van der Waals surface area contributed by atoms with Crippen molar-refractivity contribution < 1.29 is 14.3 Å². The molecule has 2 rings (SSSR count). The van der Waals surface area contributed by atoms with E-state index in [0.717, 1.165) is 30.8 Å². The van der Waals surface area contributed by atoms with Crippen LogP contribution in [0, 0.1) is 0 Å². The van der Waals surface area contributed by atoms with E-state index in [1.807, 2.05) is 24.3 Å². The number of rotatable bonds is 6. The van der Waals surface area contributed by atoms with Crippen molar-refractivity contribution in [3.63, 3.8) is 0 Å². The summed E-state index contributed by atoms with van der Waals surface area (Å²) in [5.41, 5.74) is 0.496. The Labute approximate surface area is 120 Å². The summed E-state index contributed by atoms with van der Waals surface area (Å²) in [7, 11) is 3.56. The first kappa shape index (κ1) is 14.9. The zero-order chi connectivity index (χ0) is 14.6. The average molecular weight is 277 g/mol. The molecule has 1 fully saturated rings. The molecule has 0 aliphatic carbocycles. The third-order valence-corrected chi connectivity index (χ3v) is 3.69. The first-order chi connectivity index (χ1) is 9.60. The van der Waals surface area contributed by atoms with Gasteiger partial charge >= 0.3 is 0 Å². The Hall–Kier alpha value is -1.55. The van der Waals surface area contributed by atoms with Gasteiger partial charge in [0.15, 0.2) is 0 Å². The normalized spacial score (nSPS) is 16.4. The van der Waals surface area contributed by atoms with E-state index in [9.17, 15) is 4.79 Å². The van der Waals surface area contributed by atoms with Gasteiger partial charge in [-0.1, -0.05) is 25.5 Å². The summed E-state index contributed by atoms with van der Waals surface area (Å²) in [6.07, 6.45) is 2.18. The monoisotopic (exact) mass is 277 g/mol. The molecule has 0 bridgehead atoms. The van der Waals surface area contributed by atoms with Crippen molar-refractivity contribution in [2.45, 2.75) is 25.2 Å². The Morgan fingerprint density at radius 1 is 1.30 bits per heavy atom. The molecule has 1 aliphatic rings. The van der Waals surface area contributed by atoms with Gasteiger partial charge in [0.1, 0.15) is 11.2 Å². The summed E-state index contributed by atoms with van der Waals surface area (Å²) in [4.78, 5) is 14.0. The Balaban J connectivity index is 2.10. The summed E-state index contributed by atoms with van der Waals surface area (Å²) in [6, 6.07) is 7.83. The van der Waals surface area contributed by atoms with Gasteiger partial charge in [0.2, 0.25) is 5.91 Å². The van der Waals surface area contributed by atoms with Crippen LogP contribution in [0.2, 0.25) is 0 Å². The fourth-order valence-electron chi connectivity index (χ4n) is 2.35. The largest absolute Gasteiger partial charge is 0.494 e. The predicted octanol–water partition coefficient (Wildman–Crippen LogP) is 2.22. The lowest BCUT2D eigenvalue weighted by atomic mass is 9.77. The smallest absolute Gasteiger partial charge is 0.237 e. The van der Waals surface area contributed by atoms with Gasteiger partial charge in [0.25, 0.3) is 0 Å². The maximum Gasteiger partial charge on any atom is 0.237 e. The molecular formula is C16H23NO3. The zero-order valence-corrected chi connectivity index (χ0v) is 12.5. The molecule has 1 saturated heterocycles. The van der Waals surface area contributed by atoms with E-state index >= 15 is 0 Å². The minimum atomic E-state index is -0.508. The summed E-state index contributed by atoms with van der Waals surface area (Å²) in [5, 5.41) is 0. The highest BCUT2D eigenvalue weighted by Gasteiger charge is 2.48. The number of hydrogen-bond acceptors (Lipinski definition) is 3. The highest BCUT2D eigenvalue weighted by molar-refractivity contribution is 5.89. The molecule has 110 valence electrons. The molecule has 0 spiro atoms. The van der Waals surface area contributed by atoms with Crippen LogP contribution in [0.1, 0.15) is 25.3 Å². The Morgan fingerprint density at radius 3 is 2.40 bits per heavy atom. The molecular weight excluding hydrogens is 254 g/mol. The number of hydrogen-bond donors (Lipinski definition) is 0. The molecule has 20 heavy (non-hydrogen) atoms. The molecule has 0 atom stereocenters. The van der Waals surface area contributed by atoms with Crippen molar-refractivity contribution in [3.05, 3.63) is 29.8 Å². The molecule has 1 aromatic rings. The van der Waals surface area contributed by atoms with E-state index in [-0.39, 0.29) is 5.91 Å². The number of ether oxygens (including phenoxy) is 2. The number of nitrogens with zero attached hydrogens (tertiary/aromatic N) is 1. The molecule has 0 aromatic heterocycles. The topological polar surface area (TPSA) is 38.8 Å². The van der Waals surface area contributed by atoms with E-state index in [1.54, 1.807) is 19.0 Å². The second-order valence-electron chi connectivity index (χ2n) is 5.50. The lowest BCUT2D eigenvalue weighted by Crippen LogP contribution is -2.57. The van der Waals surface area contributed by atoms with Crippen LogP contribution < -0.4 is 4.74 Å². The van der Waals surface area contributed by atoms with Crippen molar-refractivity contribution in [1.29, 1.82) is 0 Å². The SMILES string of the molecule is CCCCOc1ccc(C2(C(=O)N(C)C)COC2)cc1. The first-order valence-electron chi connectivity index (χ1n) is 7.13. The number of likely N-dealkylation sites (N-methyl/N-ethyl adjacent to an activating group) is 1. The standard InChI is InChI=1S/C16H23NO3/c1-4-5-10-20-14-8-6-13(7-9-14)16(11-19-12-16)15(18)17(2)3/h6-9H,4-5,10-12H2,1-3H3. The molecule has 1 amide bonds. The van der Waals surface area contributed by atoms with Crippen LogP contribution in [-0.4, -0.2) is 44.7 Å². The van der Waals surface area contributed by atoms with Gasteiger partial charge in [-0.05, 0) is 24.1 Å². The van der Waals surface area contributed by atoms with E-state index in [4.69, 9.17) is 9.47 Å². The number of carbonyl (C=O) groups is 1. The van der Waals surface area contributed by atoms with Crippen molar-refractivity contribution in [3.8, 4) is 5.75 Å². The number of unbranched alkanes of at least 4 members (excludes halogenated alkanes) is 1. The van der Waals surface area contributed by atoms with Crippen LogP contribution in [0.15, 0.2) is 24.3 Å². The molecule has 0 unspecified atom stereocenters. The molecule has 0 radical (unpaired) electrons. The predicted molar refractivity (Wildman–Crippen MR) is 78.0 cm³/mol. The quantitative estimate of drug-likeness (QED) is 0.748. The second-order valence-corrected chi connectivity index (χ2v) is 5.50. The highest BCUT2D eigenvalue weighted by Crippen LogP contribution is 2.34. The third-order valence-electron chi connectivity index (χ3n) is 3.69. The van der Waals surface area contributed by atoms with Gasteiger partial charge in [-0.25, -0.2) is 0 Å². The van der Waals surface area contributed by atoms with Crippen LogP contribution in [0.4, 0.5) is 0 Å². The molecule has 0 N–H and O–H groups in total.